The third-order valence-corrected chi connectivity index (χ3v) is 4.85. The summed E-state index contributed by atoms with van der Waals surface area (Å²) in [7, 11) is 0. The average molecular weight is 327 g/mol. The zero-order valence-corrected chi connectivity index (χ0v) is 13.7. The molecular weight excluding hydrogens is 310 g/mol. The molecule has 0 atom stereocenters. The van der Waals surface area contributed by atoms with Gasteiger partial charge in [0.2, 0.25) is 0 Å². The van der Waals surface area contributed by atoms with Crippen LogP contribution in [0.25, 0.3) is 27.8 Å². The van der Waals surface area contributed by atoms with Gasteiger partial charge >= 0.3 is 0 Å². The zero-order valence-electron chi connectivity index (χ0n) is 13.7. The van der Waals surface area contributed by atoms with E-state index in [2.05, 4.69) is 39.9 Å². The summed E-state index contributed by atoms with van der Waals surface area (Å²) in [6.45, 7) is 0. The van der Waals surface area contributed by atoms with Gasteiger partial charge < -0.3 is 5.21 Å². The minimum atomic E-state index is 0.731. The van der Waals surface area contributed by atoms with Crippen molar-refractivity contribution in [1.29, 1.82) is 0 Å². The van der Waals surface area contributed by atoms with E-state index < -0.39 is 0 Å². The fraction of sp³-hybridized carbons (Fsp3) is 0.143. The molecule has 0 spiro atoms. The number of nitrogens with zero attached hydrogens (tertiary/aromatic N) is 3. The van der Waals surface area contributed by atoms with E-state index in [9.17, 15) is 5.21 Å². The lowest BCUT2D eigenvalue weighted by molar-refractivity contribution is -0.604. The van der Waals surface area contributed by atoms with Crippen molar-refractivity contribution in [2.45, 2.75) is 18.8 Å². The Kier molecular flexibility index (Phi) is 3.10. The number of imidazole rings is 1. The van der Waals surface area contributed by atoms with E-state index in [0.717, 1.165) is 38.5 Å². The molecular formula is C21H17N3O. The minimum absolute atomic E-state index is 0.731. The molecule has 1 fully saturated rings. The third kappa shape index (κ3) is 2.56. The standard InChI is InChI=1S/C21H17N3O/c25-23-10-2-4-18(13-23)16-3-1-5-19(11-16)24-14-22-20-12-17(15-6-7-15)8-9-21(20)24/h1-5,8-15H,6-7H2. The highest BCUT2D eigenvalue weighted by atomic mass is 16.5. The minimum Gasteiger partial charge on any atom is -0.619 e. The predicted molar refractivity (Wildman–Crippen MR) is 97.4 cm³/mol. The lowest BCUT2D eigenvalue weighted by atomic mass is 10.1. The van der Waals surface area contributed by atoms with Crippen LogP contribution in [0.5, 0.6) is 0 Å². The quantitative estimate of drug-likeness (QED) is 0.418. The predicted octanol–water partition coefficient (Wildman–Crippen LogP) is 4.20. The molecule has 0 bridgehead atoms. The van der Waals surface area contributed by atoms with E-state index in [1.165, 1.54) is 24.6 Å². The van der Waals surface area contributed by atoms with Crippen LogP contribution in [0.2, 0.25) is 0 Å². The van der Waals surface area contributed by atoms with Crippen molar-refractivity contribution in [3.8, 4) is 16.8 Å². The molecule has 0 aliphatic heterocycles. The molecule has 0 unspecified atom stereocenters. The zero-order chi connectivity index (χ0) is 16.8. The highest BCUT2D eigenvalue weighted by molar-refractivity contribution is 5.79. The Balaban J connectivity index is 1.59. The van der Waals surface area contributed by atoms with Gasteiger partial charge in [-0.1, -0.05) is 18.2 Å². The van der Waals surface area contributed by atoms with Gasteiger partial charge in [-0.05, 0) is 60.2 Å². The van der Waals surface area contributed by atoms with Crippen molar-refractivity contribution in [3.05, 3.63) is 84.1 Å². The maximum absolute atomic E-state index is 11.5. The molecule has 1 aliphatic rings. The number of fused-ring (bicyclic) bond motifs is 1. The number of hydrogen-bond donors (Lipinski definition) is 0. The molecule has 2 aromatic heterocycles. The second kappa shape index (κ2) is 5.45. The highest BCUT2D eigenvalue weighted by Crippen LogP contribution is 2.40. The average Bonchev–Trinajstić information content (AvgIpc) is 3.41. The van der Waals surface area contributed by atoms with Crippen LogP contribution in [-0.4, -0.2) is 9.55 Å². The molecule has 0 N–H and O–H groups in total. The summed E-state index contributed by atoms with van der Waals surface area (Å²) in [5.41, 5.74) is 6.50. The van der Waals surface area contributed by atoms with Gasteiger partial charge in [-0.2, -0.15) is 4.73 Å². The van der Waals surface area contributed by atoms with Crippen LogP contribution in [-0.2, 0) is 0 Å². The summed E-state index contributed by atoms with van der Waals surface area (Å²) in [6, 6.07) is 18.5. The Labute approximate surface area is 145 Å². The number of hydrogen-bond acceptors (Lipinski definition) is 2. The van der Waals surface area contributed by atoms with Crippen molar-refractivity contribution < 1.29 is 4.73 Å². The van der Waals surface area contributed by atoms with Crippen molar-refractivity contribution in [1.82, 2.24) is 9.55 Å². The molecule has 0 saturated heterocycles. The molecule has 4 heteroatoms. The van der Waals surface area contributed by atoms with Gasteiger partial charge in [0, 0.05) is 17.3 Å². The van der Waals surface area contributed by atoms with Gasteiger partial charge in [0.25, 0.3) is 0 Å². The Morgan fingerprint density at radius 2 is 1.88 bits per heavy atom. The molecule has 2 heterocycles. The van der Waals surface area contributed by atoms with Crippen molar-refractivity contribution in [3.63, 3.8) is 0 Å². The van der Waals surface area contributed by atoms with Crippen LogP contribution in [0.4, 0.5) is 0 Å². The summed E-state index contributed by atoms with van der Waals surface area (Å²) in [5, 5.41) is 11.5. The first kappa shape index (κ1) is 14.2. The fourth-order valence-electron chi connectivity index (χ4n) is 3.37. The third-order valence-electron chi connectivity index (χ3n) is 4.85. The molecule has 4 nitrogen and oxygen atoms in total. The lowest BCUT2D eigenvalue weighted by Crippen LogP contribution is -2.23. The number of rotatable bonds is 3. The largest absolute Gasteiger partial charge is 0.619 e. The molecule has 122 valence electrons. The molecule has 0 amide bonds. The smallest absolute Gasteiger partial charge is 0.188 e. The monoisotopic (exact) mass is 327 g/mol. The summed E-state index contributed by atoms with van der Waals surface area (Å²) < 4.78 is 2.93. The maximum Gasteiger partial charge on any atom is 0.188 e. The van der Waals surface area contributed by atoms with E-state index in [4.69, 9.17) is 0 Å². The molecule has 5 rings (SSSR count). The summed E-state index contributed by atoms with van der Waals surface area (Å²) in [5.74, 6) is 0.731. The Morgan fingerprint density at radius 1 is 1.00 bits per heavy atom. The van der Waals surface area contributed by atoms with Crippen molar-refractivity contribution >= 4 is 11.0 Å². The van der Waals surface area contributed by atoms with Crippen LogP contribution in [0.1, 0.15) is 24.3 Å². The maximum atomic E-state index is 11.5. The van der Waals surface area contributed by atoms with E-state index in [1.807, 2.05) is 24.5 Å². The van der Waals surface area contributed by atoms with Crippen LogP contribution < -0.4 is 4.73 Å². The summed E-state index contributed by atoms with van der Waals surface area (Å²) in [6.07, 6.45) is 7.55. The Bertz CT molecular complexity index is 1080. The topological polar surface area (TPSA) is 44.8 Å². The first-order valence-electron chi connectivity index (χ1n) is 8.54. The van der Waals surface area contributed by atoms with Crippen LogP contribution in [0.3, 0.4) is 0 Å². The summed E-state index contributed by atoms with van der Waals surface area (Å²) in [4.78, 5) is 4.59. The highest BCUT2D eigenvalue weighted by Gasteiger charge is 2.23. The van der Waals surface area contributed by atoms with Crippen molar-refractivity contribution in [2.75, 3.05) is 0 Å². The molecule has 1 aliphatic carbocycles. The van der Waals surface area contributed by atoms with Crippen LogP contribution in [0.15, 0.2) is 73.3 Å². The second-order valence-corrected chi connectivity index (χ2v) is 6.64. The first-order valence-corrected chi connectivity index (χ1v) is 8.54. The summed E-state index contributed by atoms with van der Waals surface area (Å²) >= 11 is 0. The van der Waals surface area contributed by atoms with Gasteiger partial charge in [-0.25, -0.2) is 4.98 Å². The Morgan fingerprint density at radius 3 is 2.72 bits per heavy atom. The normalized spacial score (nSPS) is 14.1. The Hall–Kier alpha value is -3.14. The van der Waals surface area contributed by atoms with Crippen molar-refractivity contribution in [2.24, 2.45) is 0 Å². The van der Waals surface area contributed by atoms with E-state index in [1.54, 1.807) is 12.3 Å². The van der Waals surface area contributed by atoms with E-state index in [0.29, 0.717) is 0 Å². The fourth-order valence-corrected chi connectivity index (χ4v) is 3.37. The van der Waals surface area contributed by atoms with Gasteiger partial charge in [0.1, 0.15) is 6.33 Å². The molecule has 25 heavy (non-hydrogen) atoms. The van der Waals surface area contributed by atoms with E-state index in [-0.39, 0.29) is 0 Å². The number of benzene rings is 2. The second-order valence-electron chi connectivity index (χ2n) is 6.64. The van der Waals surface area contributed by atoms with Gasteiger partial charge in [-0.15, -0.1) is 0 Å². The van der Waals surface area contributed by atoms with Gasteiger partial charge in [0.15, 0.2) is 12.4 Å². The molecule has 1 saturated carbocycles. The molecule has 0 radical (unpaired) electrons. The molecule has 2 aromatic carbocycles. The van der Waals surface area contributed by atoms with Crippen LogP contribution >= 0.6 is 0 Å². The van der Waals surface area contributed by atoms with Crippen LogP contribution in [0, 0.1) is 5.21 Å². The number of pyridine rings is 1. The van der Waals surface area contributed by atoms with Gasteiger partial charge in [-0.3, -0.25) is 4.57 Å². The molecule has 4 aromatic rings. The number of aromatic nitrogens is 3. The first-order chi connectivity index (χ1) is 12.3. The van der Waals surface area contributed by atoms with Gasteiger partial charge in [0.05, 0.1) is 11.0 Å². The lowest BCUT2D eigenvalue weighted by Gasteiger charge is -2.08. The SMILES string of the molecule is [O-][n+]1cccc(-c2cccc(-n3cnc4cc(C5CC5)ccc43)c2)c1. The van der Waals surface area contributed by atoms with E-state index >= 15 is 0 Å².